The van der Waals surface area contributed by atoms with E-state index >= 15 is 0 Å². The van der Waals surface area contributed by atoms with Crippen molar-refractivity contribution in [3.63, 3.8) is 0 Å². The number of nitrogens with one attached hydrogen (secondary N) is 1. The van der Waals surface area contributed by atoms with Crippen LogP contribution in [-0.4, -0.2) is 16.0 Å². The lowest BCUT2D eigenvalue weighted by Crippen LogP contribution is -2.15. The molecule has 0 atom stereocenters. The van der Waals surface area contributed by atoms with Gasteiger partial charge in [-0.15, -0.1) is 0 Å². The number of hydrogen-bond acceptors (Lipinski definition) is 5. The largest absolute Gasteiger partial charge is 0.439 e. The zero-order valence-corrected chi connectivity index (χ0v) is 16.2. The second-order valence-corrected chi connectivity index (χ2v) is 6.85. The summed E-state index contributed by atoms with van der Waals surface area (Å²) in [6.07, 6.45) is 1.56. The maximum absolute atomic E-state index is 12.6. The molecule has 0 aliphatic heterocycles. The molecule has 1 aromatic carbocycles. The second kappa shape index (κ2) is 7.61. The average molecular weight is 365 g/mol. The smallest absolute Gasteiger partial charge is 0.261 e. The number of carbonyl (C=O) groups is 1. The number of nitrogens with zero attached hydrogens (tertiary/aromatic N) is 2. The summed E-state index contributed by atoms with van der Waals surface area (Å²) in [5.74, 6) is 1.57. The fraction of sp³-hybridized carbons (Fsp3) is 0.286. The van der Waals surface area contributed by atoms with Gasteiger partial charge in [0.25, 0.3) is 5.91 Å². The maximum atomic E-state index is 12.6. The van der Waals surface area contributed by atoms with E-state index in [1.165, 1.54) is 5.56 Å². The van der Waals surface area contributed by atoms with E-state index in [2.05, 4.69) is 22.4 Å². The van der Waals surface area contributed by atoms with Crippen molar-refractivity contribution >= 4 is 11.6 Å². The van der Waals surface area contributed by atoms with Gasteiger partial charge in [0.2, 0.25) is 5.88 Å². The molecule has 6 heteroatoms. The third kappa shape index (κ3) is 4.16. The van der Waals surface area contributed by atoms with E-state index in [9.17, 15) is 4.79 Å². The first-order chi connectivity index (χ1) is 12.8. The highest BCUT2D eigenvalue weighted by Gasteiger charge is 2.22. The quantitative estimate of drug-likeness (QED) is 0.675. The first-order valence-corrected chi connectivity index (χ1v) is 8.84. The molecule has 140 valence electrons. The molecule has 3 rings (SSSR count). The lowest BCUT2D eigenvalue weighted by molar-refractivity contribution is 0.102. The molecule has 0 aliphatic carbocycles. The van der Waals surface area contributed by atoms with Gasteiger partial charge in [-0.25, -0.2) is 4.98 Å². The molecule has 0 saturated heterocycles. The number of aryl methyl sites for hydroxylation is 3. The molecule has 2 aromatic heterocycles. The summed E-state index contributed by atoms with van der Waals surface area (Å²) in [5.41, 5.74) is 3.97. The molecule has 0 fully saturated rings. The highest BCUT2D eigenvalue weighted by Crippen LogP contribution is 2.25. The van der Waals surface area contributed by atoms with E-state index in [0.717, 1.165) is 11.3 Å². The van der Waals surface area contributed by atoms with E-state index in [4.69, 9.17) is 9.26 Å². The zero-order chi connectivity index (χ0) is 19.6. The van der Waals surface area contributed by atoms with Gasteiger partial charge in [0.15, 0.2) is 5.76 Å². The average Bonchev–Trinajstić information content (AvgIpc) is 3.02. The van der Waals surface area contributed by atoms with Gasteiger partial charge in [-0.05, 0) is 50.1 Å². The van der Waals surface area contributed by atoms with E-state index in [-0.39, 0.29) is 11.8 Å². The first kappa shape index (κ1) is 18.6. The molecule has 27 heavy (non-hydrogen) atoms. The summed E-state index contributed by atoms with van der Waals surface area (Å²) in [6, 6.07) is 9.34. The lowest BCUT2D eigenvalue weighted by atomic mass is 10.0. The third-order valence-electron chi connectivity index (χ3n) is 4.34. The second-order valence-electron chi connectivity index (χ2n) is 6.85. The fourth-order valence-electron chi connectivity index (χ4n) is 2.66. The molecule has 0 spiro atoms. The number of hydrogen-bond donors (Lipinski definition) is 1. The van der Waals surface area contributed by atoms with Crippen molar-refractivity contribution in [1.82, 2.24) is 10.1 Å². The first-order valence-electron chi connectivity index (χ1n) is 8.84. The highest BCUT2D eigenvalue weighted by molar-refractivity contribution is 6.05. The van der Waals surface area contributed by atoms with Gasteiger partial charge in [-0.1, -0.05) is 25.1 Å². The Morgan fingerprint density at radius 1 is 1.11 bits per heavy atom. The van der Waals surface area contributed by atoms with Crippen molar-refractivity contribution in [2.75, 3.05) is 5.32 Å². The minimum Gasteiger partial charge on any atom is -0.439 e. The fourth-order valence-corrected chi connectivity index (χ4v) is 2.66. The Balaban J connectivity index is 1.71. The Morgan fingerprint density at radius 2 is 1.89 bits per heavy atom. The zero-order valence-electron chi connectivity index (χ0n) is 16.2. The van der Waals surface area contributed by atoms with Crippen molar-refractivity contribution in [2.24, 2.45) is 0 Å². The van der Waals surface area contributed by atoms with Gasteiger partial charge in [0, 0.05) is 12.0 Å². The number of anilines is 1. The topological polar surface area (TPSA) is 77.2 Å². The molecule has 0 radical (unpaired) electrons. The van der Waals surface area contributed by atoms with Crippen LogP contribution in [0.25, 0.3) is 0 Å². The van der Waals surface area contributed by atoms with Crippen LogP contribution in [0.4, 0.5) is 5.69 Å². The molecule has 0 saturated carbocycles. The lowest BCUT2D eigenvalue weighted by Gasteiger charge is -2.09. The van der Waals surface area contributed by atoms with Crippen molar-refractivity contribution in [3.8, 4) is 11.6 Å². The van der Waals surface area contributed by atoms with Crippen molar-refractivity contribution < 1.29 is 14.1 Å². The van der Waals surface area contributed by atoms with E-state index in [0.29, 0.717) is 28.6 Å². The molecule has 2 heterocycles. The van der Waals surface area contributed by atoms with Crippen LogP contribution < -0.4 is 10.1 Å². The minimum atomic E-state index is -0.262. The number of amides is 1. The van der Waals surface area contributed by atoms with Crippen LogP contribution in [0.15, 0.2) is 41.1 Å². The highest BCUT2D eigenvalue weighted by atomic mass is 16.5. The van der Waals surface area contributed by atoms with Crippen molar-refractivity contribution in [1.29, 1.82) is 0 Å². The number of benzene rings is 1. The summed E-state index contributed by atoms with van der Waals surface area (Å²) >= 11 is 0. The van der Waals surface area contributed by atoms with Gasteiger partial charge in [0.1, 0.15) is 11.3 Å². The number of aromatic nitrogens is 2. The summed E-state index contributed by atoms with van der Waals surface area (Å²) in [4.78, 5) is 16.9. The summed E-state index contributed by atoms with van der Waals surface area (Å²) in [6.45, 7) is 9.75. The Kier molecular flexibility index (Phi) is 5.26. The Hall–Kier alpha value is -3.15. The SMILES string of the molecule is Cc1ccc(Oc2ccc(NC(=O)c3c(C)noc3C(C)C)cn2)cc1C. The predicted molar refractivity (Wildman–Crippen MR) is 104 cm³/mol. The summed E-state index contributed by atoms with van der Waals surface area (Å²) in [5, 5.41) is 6.73. The monoisotopic (exact) mass is 365 g/mol. The van der Waals surface area contributed by atoms with Crippen LogP contribution in [0.5, 0.6) is 11.6 Å². The summed E-state index contributed by atoms with van der Waals surface area (Å²) in [7, 11) is 0. The normalized spacial score (nSPS) is 10.9. The molecule has 1 N–H and O–H groups in total. The number of ether oxygens (including phenoxy) is 1. The van der Waals surface area contributed by atoms with Gasteiger partial charge in [-0.3, -0.25) is 4.79 Å². The van der Waals surface area contributed by atoms with Gasteiger partial charge >= 0.3 is 0 Å². The molecule has 0 bridgehead atoms. The maximum Gasteiger partial charge on any atom is 0.261 e. The molecule has 0 unspecified atom stereocenters. The van der Waals surface area contributed by atoms with Gasteiger partial charge in [-0.2, -0.15) is 0 Å². The van der Waals surface area contributed by atoms with Crippen LogP contribution in [0.3, 0.4) is 0 Å². The standard InChI is InChI=1S/C21H23N3O3/c1-12(2)20-19(15(5)24-27-20)21(25)23-16-7-9-18(22-11-16)26-17-8-6-13(3)14(4)10-17/h6-12H,1-5H3,(H,23,25). The Morgan fingerprint density at radius 3 is 2.52 bits per heavy atom. The molecular weight excluding hydrogens is 342 g/mol. The molecule has 3 aromatic rings. The van der Waals surface area contributed by atoms with Crippen LogP contribution in [-0.2, 0) is 0 Å². The molecule has 1 amide bonds. The molecule has 6 nitrogen and oxygen atoms in total. The van der Waals surface area contributed by atoms with Crippen LogP contribution >= 0.6 is 0 Å². The van der Waals surface area contributed by atoms with Crippen molar-refractivity contribution in [3.05, 3.63) is 64.7 Å². The van der Waals surface area contributed by atoms with E-state index in [1.807, 2.05) is 39.0 Å². The predicted octanol–water partition coefficient (Wildman–Crippen LogP) is 5.16. The molecular formula is C21H23N3O3. The van der Waals surface area contributed by atoms with Crippen molar-refractivity contribution in [2.45, 2.75) is 40.5 Å². The van der Waals surface area contributed by atoms with Gasteiger partial charge in [0.05, 0.1) is 17.6 Å². The van der Waals surface area contributed by atoms with Crippen LogP contribution in [0, 0.1) is 20.8 Å². The van der Waals surface area contributed by atoms with Crippen LogP contribution in [0.1, 0.15) is 52.7 Å². The van der Waals surface area contributed by atoms with Crippen LogP contribution in [0.2, 0.25) is 0 Å². The number of pyridine rings is 1. The number of rotatable bonds is 5. The Labute approximate surface area is 158 Å². The van der Waals surface area contributed by atoms with E-state index < -0.39 is 0 Å². The minimum absolute atomic E-state index is 0.0683. The number of carbonyl (C=O) groups excluding carboxylic acids is 1. The molecule has 0 aliphatic rings. The van der Waals surface area contributed by atoms with E-state index in [1.54, 1.807) is 25.3 Å². The summed E-state index contributed by atoms with van der Waals surface area (Å²) < 4.78 is 11.0. The van der Waals surface area contributed by atoms with Gasteiger partial charge < -0.3 is 14.6 Å². The third-order valence-corrected chi connectivity index (χ3v) is 4.34. The Bertz CT molecular complexity index is 959.